The van der Waals surface area contributed by atoms with E-state index in [0.29, 0.717) is 23.3 Å². The van der Waals surface area contributed by atoms with Gasteiger partial charge in [-0.05, 0) is 30.5 Å². The van der Waals surface area contributed by atoms with Crippen molar-refractivity contribution in [2.45, 2.75) is 25.4 Å². The Hall–Kier alpha value is -1.81. The number of nitrogens with zero attached hydrogens (tertiary/aromatic N) is 3. The molecule has 0 unspecified atom stereocenters. The molecule has 1 fully saturated rings. The predicted octanol–water partition coefficient (Wildman–Crippen LogP) is 2.88. The van der Waals surface area contributed by atoms with E-state index in [1.54, 1.807) is 24.0 Å². The van der Waals surface area contributed by atoms with Crippen molar-refractivity contribution in [2.75, 3.05) is 0 Å². The van der Waals surface area contributed by atoms with E-state index in [2.05, 4.69) is 5.10 Å². The van der Waals surface area contributed by atoms with E-state index in [9.17, 15) is 4.79 Å². The molecule has 1 aromatic heterocycles. The highest BCUT2D eigenvalue weighted by molar-refractivity contribution is 6.31. The molecule has 20 heavy (non-hydrogen) atoms. The molecular formula is C15H16ClN3O. The summed E-state index contributed by atoms with van der Waals surface area (Å²) in [6, 6.07) is 9.75. The van der Waals surface area contributed by atoms with Crippen molar-refractivity contribution in [1.82, 2.24) is 14.7 Å². The Morgan fingerprint density at radius 2 is 2.15 bits per heavy atom. The summed E-state index contributed by atoms with van der Waals surface area (Å²) in [5.41, 5.74) is 1.60. The number of aryl methyl sites for hydroxylation is 1. The first kappa shape index (κ1) is 13.2. The Morgan fingerprint density at radius 1 is 1.40 bits per heavy atom. The number of aromatic nitrogens is 2. The summed E-state index contributed by atoms with van der Waals surface area (Å²) < 4.78 is 1.62. The number of rotatable bonds is 4. The third kappa shape index (κ3) is 2.56. The fraction of sp³-hybridized carbons (Fsp3) is 0.333. The second-order valence-electron chi connectivity index (χ2n) is 5.10. The highest BCUT2D eigenvalue weighted by Crippen LogP contribution is 2.31. The van der Waals surface area contributed by atoms with E-state index in [0.717, 1.165) is 18.4 Å². The van der Waals surface area contributed by atoms with E-state index in [4.69, 9.17) is 11.6 Å². The van der Waals surface area contributed by atoms with Gasteiger partial charge in [-0.15, -0.1) is 0 Å². The Balaban J connectivity index is 1.85. The third-order valence-corrected chi connectivity index (χ3v) is 3.96. The molecule has 0 aliphatic heterocycles. The SMILES string of the molecule is Cn1nccc1C(=O)N(Cc1ccccc1Cl)C1CC1. The van der Waals surface area contributed by atoms with Gasteiger partial charge in [-0.1, -0.05) is 29.8 Å². The van der Waals surface area contributed by atoms with Crippen molar-refractivity contribution in [1.29, 1.82) is 0 Å². The average molecular weight is 290 g/mol. The first-order valence-corrected chi connectivity index (χ1v) is 7.07. The van der Waals surface area contributed by atoms with Crippen LogP contribution in [0.15, 0.2) is 36.5 Å². The summed E-state index contributed by atoms with van der Waals surface area (Å²) in [5, 5.41) is 4.77. The molecule has 1 aliphatic rings. The lowest BCUT2D eigenvalue weighted by Gasteiger charge is -2.23. The number of amides is 1. The quantitative estimate of drug-likeness (QED) is 0.868. The van der Waals surface area contributed by atoms with Crippen LogP contribution in [0, 0.1) is 0 Å². The lowest BCUT2D eigenvalue weighted by molar-refractivity contribution is 0.0719. The molecule has 2 aromatic rings. The number of hydrogen-bond acceptors (Lipinski definition) is 2. The number of carbonyl (C=O) groups excluding carboxylic acids is 1. The monoisotopic (exact) mass is 289 g/mol. The molecule has 4 nitrogen and oxygen atoms in total. The van der Waals surface area contributed by atoms with Gasteiger partial charge in [0.25, 0.3) is 5.91 Å². The molecule has 0 radical (unpaired) electrons. The average Bonchev–Trinajstić information content (AvgIpc) is 3.19. The van der Waals surface area contributed by atoms with Crippen LogP contribution in [0.3, 0.4) is 0 Å². The van der Waals surface area contributed by atoms with Gasteiger partial charge in [-0.2, -0.15) is 5.10 Å². The van der Waals surface area contributed by atoms with Crippen LogP contribution in [-0.4, -0.2) is 26.6 Å². The molecule has 0 saturated heterocycles. The largest absolute Gasteiger partial charge is 0.330 e. The van der Waals surface area contributed by atoms with Crippen LogP contribution < -0.4 is 0 Å². The van der Waals surface area contributed by atoms with Crippen LogP contribution in [0.25, 0.3) is 0 Å². The molecule has 1 amide bonds. The van der Waals surface area contributed by atoms with Gasteiger partial charge in [0.1, 0.15) is 5.69 Å². The maximum Gasteiger partial charge on any atom is 0.272 e. The molecule has 0 N–H and O–H groups in total. The lowest BCUT2D eigenvalue weighted by Crippen LogP contribution is -2.34. The summed E-state index contributed by atoms with van der Waals surface area (Å²) >= 11 is 6.20. The zero-order valence-electron chi connectivity index (χ0n) is 11.3. The van der Waals surface area contributed by atoms with Crippen molar-refractivity contribution < 1.29 is 4.79 Å². The van der Waals surface area contributed by atoms with Gasteiger partial charge < -0.3 is 4.90 Å². The summed E-state index contributed by atoms with van der Waals surface area (Å²) in [4.78, 5) is 14.5. The molecule has 0 bridgehead atoms. The summed E-state index contributed by atoms with van der Waals surface area (Å²) in [7, 11) is 1.79. The first-order chi connectivity index (χ1) is 9.66. The van der Waals surface area contributed by atoms with Crippen molar-refractivity contribution in [3.05, 3.63) is 52.8 Å². The molecular weight excluding hydrogens is 274 g/mol. The van der Waals surface area contributed by atoms with E-state index in [1.807, 2.05) is 29.2 Å². The first-order valence-electron chi connectivity index (χ1n) is 6.69. The Morgan fingerprint density at radius 3 is 2.75 bits per heavy atom. The van der Waals surface area contributed by atoms with Crippen LogP contribution in [-0.2, 0) is 13.6 Å². The van der Waals surface area contributed by atoms with Gasteiger partial charge >= 0.3 is 0 Å². The number of benzene rings is 1. The minimum atomic E-state index is 0.0208. The molecule has 1 heterocycles. The molecule has 1 aliphatic carbocycles. The fourth-order valence-corrected chi connectivity index (χ4v) is 2.49. The maximum atomic E-state index is 12.6. The summed E-state index contributed by atoms with van der Waals surface area (Å²) in [5.74, 6) is 0.0208. The van der Waals surface area contributed by atoms with Gasteiger partial charge in [0.2, 0.25) is 0 Å². The predicted molar refractivity (Wildman–Crippen MR) is 77.6 cm³/mol. The smallest absolute Gasteiger partial charge is 0.272 e. The van der Waals surface area contributed by atoms with Crippen molar-refractivity contribution >= 4 is 17.5 Å². The Kier molecular flexibility index (Phi) is 3.49. The Bertz CT molecular complexity index is 634. The van der Waals surface area contributed by atoms with Gasteiger partial charge in [0.05, 0.1) is 0 Å². The minimum Gasteiger partial charge on any atom is -0.330 e. The number of halogens is 1. The van der Waals surface area contributed by atoms with Gasteiger partial charge in [-0.3, -0.25) is 9.48 Å². The number of hydrogen-bond donors (Lipinski definition) is 0. The van der Waals surface area contributed by atoms with Crippen LogP contribution in [0.4, 0.5) is 0 Å². The molecule has 5 heteroatoms. The Labute approximate surface area is 123 Å². The zero-order chi connectivity index (χ0) is 14.1. The molecule has 0 spiro atoms. The summed E-state index contributed by atoms with van der Waals surface area (Å²) in [6.45, 7) is 0.550. The van der Waals surface area contributed by atoms with Crippen molar-refractivity contribution in [3.63, 3.8) is 0 Å². The lowest BCUT2D eigenvalue weighted by atomic mass is 10.2. The highest BCUT2D eigenvalue weighted by Gasteiger charge is 2.34. The second-order valence-corrected chi connectivity index (χ2v) is 5.50. The van der Waals surface area contributed by atoms with Gasteiger partial charge in [0, 0.05) is 30.9 Å². The van der Waals surface area contributed by atoms with Crippen molar-refractivity contribution in [2.24, 2.45) is 7.05 Å². The van der Waals surface area contributed by atoms with Crippen LogP contribution >= 0.6 is 11.6 Å². The second kappa shape index (κ2) is 5.29. The topological polar surface area (TPSA) is 38.1 Å². The normalized spacial score (nSPS) is 14.3. The van der Waals surface area contributed by atoms with Crippen molar-refractivity contribution in [3.8, 4) is 0 Å². The standard InChI is InChI=1S/C15H16ClN3O/c1-18-14(8-9-17-18)15(20)19(12-6-7-12)10-11-4-2-3-5-13(11)16/h2-5,8-9,12H,6-7,10H2,1H3. The molecule has 104 valence electrons. The van der Waals surface area contributed by atoms with Crippen LogP contribution in [0.1, 0.15) is 28.9 Å². The van der Waals surface area contributed by atoms with Crippen LogP contribution in [0.5, 0.6) is 0 Å². The van der Waals surface area contributed by atoms with Gasteiger partial charge in [-0.25, -0.2) is 0 Å². The van der Waals surface area contributed by atoms with E-state index in [-0.39, 0.29) is 5.91 Å². The maximum absolute atomic E-state index is 12.6. The zero-order valence-corrected chi connectivity index (χ0v) is 12.0. The molecule has 1 aromatic carbocycles. The minimum absolute atomic E-state index is 0.0208. The van der Waals surface area contributed by atoms with E-state index in [1.165, 1.54) is 0 Å². The van der Waals surface area contributed by atoms with E-state index >= 15 is 0 Å². The summed E-state index contributed by atoms with van der Waals surface area (Å²) in [6.07, 6.45) is 3.77. The molecule has 1 saturated carbocycles. The van der Waals surface area contributed by atoms with Gasteiger partial charge in [0.15, 0.2) is 0 Å². The van der Waals surface area contributed by atoms with E-state index < -0.39 is 0 Å². The third-order valence-electron chi connectivity index (χ3n) is 3.59. The van der Waals surface area contributed by atoms with Crippen LogP contribution in [0.2, 0.25) is 5.02 Å². The highest BCUT2D eigenvalue weighted by atomic mass is 35.5. The number of carbonyl (C=O) groups is 1. The molecule has 3 rings (SSSR count). The fourth-order valence-electron chi connectivity index (χ4n) is 2.29. The molecule has 0 atom stereocenters.